The molecule has 0 aliphatic carbocycles. The van der Waals surface area contributed by atoms with Crippen LogP contribution in [0.4, 0.5) is 30.4 Å². The number of halogens is 3. The number of nitrogens with zero attached hydrogens (tertiary/aromatic N) is 2. The van der Waals surface area contributed by atoms with Crippen LogP contribution < -0.4 is 10.6 Å². The van der Waals surface area contributed by atoms with Crippen LogP contribution in [-0.4, -0.2) is 15.8 Å². The van der Waals surface area contributed by atoms with E-state index in [1.807, 2.05) is 54.1 Å². The molecule has 0 bridgehead atoms. The SMILES string of the molecule is CC(=O)c1cccc(-c2csc(Nc3ccccc3F)n2)c1.Cc1cc(-c2csc(Nc3ccccc3F)n2)ccc1Cl. The molecule has 43 heavy (non-hydrogen) atoms. The van der Waals surface area contributed by atoms with Gasteiger partial charge in [0.2, 0.25) is 0 Å². The number of anilines is 4. The van der Waals surface area contributed by atoms with Gasteiger partial charge in [-0.2, -0.15) is 0 Å². The molecule has 2 N–H and O–H groups in total. The first-order chi connectivity index (χ1) is 20.8. The number of aryl methyl sites for hydroxylation is 1. The lowest BCUT2D eigenvalue weighted by molar-refractivity contribution is 0.101. The Bertz CT molecular complexity index is 1890. The zero-order valence-electron chi connectivity index (χ0n) is 23.1. The molecule has 0 saturated heterocycles. The number of ketones is 1. The zero-order chi connectivity index (χ0) is 30.3. The molecular weight excluding hydrogens is 606 g/mol. The van der Waals surface area contributed by atoms with E-state index in [-0.39, 0.29) is 17.4 Å². The summed E-state index contributed by atoms with van der Waals surface area (Å²) in [6.07, 6.45) is 0. The van der Waals surface area contributed by atoms with Crippen molar-refractivity contribution in [1.82, 2.24) is 9.97 Å². The molecular formula is C33H25ClF2N4OS2. The summed E-state index contributed by atoms with van der Waals surface area (Å²) in [6, 6.07) is 26.1. The molecule has 6 aromatic rings. The molecule has 0 fully saturated rings. The quantitative estimate of drug-likeness (QED) is 0.172. The Kier molecular flexibility index (Phi) is 9.56. The van der Waals surface area contributed by atoms with Crippen molar-refractivity contribution in [2.24, 2.45) is 0 Å². The topological polar surface area (TPSA) is 66.9 Å². The number of rotatable bonds is 7. The number of thiazole rings is 2. The molecule has 0 aliphatic rings. The molecule has 4 aromatic carbocycles. The fraction of sp³-hybridized carbons (Fsp3) is 0.0606. The lowest BCUT2D eigenvalue weighted by atomic mass is 10.1. The third-order valence-electron chi connectivity index (χ3n) is 6.26. The Labute approximate surface area is 260 Å². The minimum Gasteiger partial charge on any atom is -0.329 e. The third-order valence-corrected chi connectivity index (χ3v) is 8.20. The number of benzene rings is 4. The highest BCUT2D eigenvalue weighted by atomic mass is 35.5. The maximum absolute atomic E-state index is 13.6. The standard InChI is InChI=1S/C17H13FN2OS.C16H12ClFN2S/c1-11(21)12-5-4-6-13(9-12)16-10-22-17(20-16)19-15-8-3-2-7-14(15)18;1-10-8-11(6-7-12(10)17)15-9-21-16(20-15)19-14-5-3-2-4-13(14)18/h2-10H,1H3,(H,19,20);2-9H,1H3,(H,19,20). The summed E-state index contributed by atoms with van der Waals surface area (Å²) in [4.78, 5) is 20.4. The van der Waals surface area contributed by atoms with Crippen LogP contribution in [-0.2, 0) is 0 Å². The molecule has 0 radical (unpaired) electrons. The summed E-state index contributed by atoms with van der Waals surface area (Å²) >= 11 is 8.85. The van der Waals surface area contributed by atoms with E-state index in [1.54, 1.807) is 42.5 Å². The van der Waals surface area contributed by atoms with E-state index in [4.69, 9.17) is 11.6 Å². The Morgan fingerprint density at radius 1 is 0.721 bits per heavy atom. The van der Waals surface area contributed by atoms with Gasteiger partial charge in [0, 0.05) is 32.5 Å². The molecule has 2 aromatic heterocycles. The van der Waals surface area contributed by atoms with Crippen molar-refractivity contribution in [1.29, 1.82) is 0 Å². The van der Waals surface area contributed by atoms with E-state index in [0.29, 0.717) is 27.2 Å². The molecule has 2 heterocycles. The van der Waals surface area contributed by atoms with Crippen molar-refractivity contribution in [3.8, 4) is 22.5 Å². The summed E-state index contributed by atoms with van der Waals surface area (Å²) in [7, 11) is 0. The molecule has 0 atom stereocenters. The first kappa shape index (κ1) is 30.0. The van der Waals surface area contributed by atoms with E-state index in [9.17, 15) is 13.6 Å². The second kappa shape index (κ2) is 13.7. The van der Waals surface area contributed by atoms with Crippen LogP contribution in [0.1, 0.15) is 22.8 Å². The minimum absolute atomic E-state index is 0.0155. The molecule has 6 rings (SSSR count). The number of hydrogen-bond acceptors (Lipinski definition) is 7. The number of aromatic nitrogens is 2. The molecule has 0 amide bonds. The predicted octanol–water partition coefficient (Wildman–Crippen LogP) is 10.6. The average Bonchev–Trinajstić information content (AvgIpc) is 3.67. The third kappa shape index (κ3) is 7.70. The number of nitrogens with one attached hydrogen (secondary N) is 2. The number of para-hydroxylation sites is 2. The van der Waals surface area contributed by atoms with Gasteiger partial charge in [-0.1, -0.05) is 60.1 Å². The predicted molar refractivity (Wildman–Crippen MR) is 174 cm³/mol. The summed E-state index contributed by atoms with van der Waals surface area (Å²) < 4.78 is 27.2. The van der Waals surface area contributed by atoms with Crippen molar-refractivity contribution < 1.29 is 13.6 Å². The largest absolute Gasteiger partial charge is 0.329 e. The monoisotopic (exact) mass is 630 g/mol. The van der Waals surface area contributed by atoms with E-state index >= 15 is 0 Å². The van der Waals surface area contributed by atoms with Crippen molar-refractivity contribution in [2.45, 2.75) is 13.8 Å². The first-order valence-corrected chi connectivity index (χ1v) is 15.2. The average molecular weight is 631 g/mol. The van der Waals surface area contributed by atoms with Crippen LogP contribution in [0.15, 0.2) is 102 Å². The van der Waals surface area contributed by atoms with Crippen molar-refractivity contribution in [2.75, 3.05) is 10.6 Å². The highest BCUT2D eigenvalue weighted by Gasteiger charge is 2.10. The van der Waals surface area contributed by atoms with Gasteiger partial charge in [-0.05, 0) is 61.9 Å². The van der Waals surface area contributed by atoms with Crippen LogP contribution in [0, 0.1) is 18.6 Å². The molecule has 10 heteroatoms. The van der Waals surface area contributed by atoms with Gasteiger partial charge >= 0.3 is 0 Å². The van der Waals surface area contributed by atoms with Crippen molar-refractivity contribution in [3.63, 3.8) is 0 Å². The van der Waals surface area contributed by atoms with Gasteiger partial charge in [0.1, 0.15) is 11.6 Å². The molecule has 5 nitrogen and oxygen atoms in total. The fourth-order valence-electron chi connectivity index (χ4n) is 3.98. The Balaban J connectivity index is 0.000000171. The van der Waals surface area contributed by atoms with Gasteiger partial charge < -0.3 is 10.6 Å². The van der Waals surface area contributed by atoms with Gasteiger partial charge in [-0.3, -0.25) is 4.79 Å². The maximum atomic E-state index is 13.6. The molecule has 0 saturated carbocycles. The van der Waals surface area contributed by atoms with Crippen molar-refractivity contribution in [3.05, 3.63) is 130 Å². The maximum Gasteiger partial charge on any atom is 0.187 e. The van der Waals surface area contributed by atoms with Crippen LogP contribution >= 0.6 is 34.3 Å². The second-order valence-corrected chi connectivity index (χ2v) is 11.5. The fourth-order valence-corrected chi connectivity index (χ4v) is 5.57. The van der Waals surface area contributed by atoms with E-state index in [2.05, 4.69) is 20.6 Å². The van der Waals surface area contributed by atoms with E-state index < -0.39 is 0 Å². The Hall–Kier alpha value is -4.44. The number of hydrogen-bond donors (Lipinski definition) is 2. The summed E-state index contributed by atoms with van der Waals surface area (Å²) in [5.74, 6) is -0.601. The van der Waals surface area contributed by atoms with Crippen molar-refractivity contribution >= 4 is 61.7 Å². The molecule has 0 aliphatic heterocycles. The van der Waals surface area contributed by atoms with Gasteiger partial charge in [-0.15, -0.1) is 22.7 Å². The molecule has 216 valence electrons. The van der Waals surface area contributed by atoms with Crippen LogP contribution in [0.5, 0.6) is 0 Å². The summed E-state index contributed by atoms with van der Waals surface area (Å²) in [5, 5.41) is 11.8. The molecule has 0 unspecified atom stereocenters. The Morgan fingerprint density at radius 3 is 1.77 bits per heavy atom. The zero-order valence-corrected chi connectivity index (χ0v) is 25.5. The Morgan fingerprint density at radius 2 is 1.26 bits per heavy atom. The van der Waals surface area contributed by atoms with Crippen LogP contribution in [0.2, 0.25) is 5.02 Å². The van der Waals surface area contributed by atoms with E-state index in [0.717, 1.165) is 33.1 Å². The van der Waals surface area contributed by atoms with Crippen LogP contribution in [0.25, 0.3) is 22.5 Å². The highest BCUT2D eigenvalue weighted by molar-refractivity contribution is 7.14. The van der Waals surface area contributed by atoms with Gasteiger partial charge in [-0.25, -0.2) is 18.7 Å². The minimum atomic E-state index is -0.321. The number of Topliss-reactive ketones (excluding diaryl/α,β-unsaturated/α-hetero) is 1. The van der Waals surface area contributed by atoms with Crippen LogP contribution in [0.3, 0.4) is 0 Å². The smallest absolute Gasteiger partial charge is 0.187 e. The summed E-state index contributed by atoms with van der Waals surface area (Å²) in [6.45, 7) is 3.49. The number of carbonyl (C=O) groups is 1. The molecule has 0 spiro atoms. The lowest BCUT2D eigenvalue weighted by Crippen LogP contribution is -1.93. The lowest BCUT2D eigenvalue weighted by Gasteiger charge is -2.03. The van der Waals surface area contributed by atoms with Gasteiger partial charge in [0.05, 0.1) is 22.8 Å². The highest BCUT2D eigenvalue weighted by Crippen LogP contribution is 2.31. The van der Waals surface area contributed by atoms with E-state index in [1.165, 1.54) is 41.7 Å². The van der Waals surface area contributed by atoms with Gasteiger partial charge in [0.15, 0.2) is 16.0 Å². The normalized spacial score (nSPS) is 10.5. The summed E-state index contributed by atoms with van der Waals surface area (Å²) in [5.41, 5.74) is 5.93. The first-order valence-electron chi connectivity index (χ1n) is 13.1. The van der Waals surface area contributed by atoms with Gasteiger partial charge in [0.25, 0.3) is 0 Å². The second-order valence-electron chi connectivity index (χ2n) is 9.39. The number of carbonyl (C=O) groups excluding carboxylic acids is 1.